The van der Waals surface area contributed by atoms with E-state index in [2.05, 4.69) is 29.8 Å². The Hall–Kier alpha value is -1.76. The summed E-state index contributed by atoms with van der Waals surface area (Å²) >= 11 is 3.49. The molecule has 1 aromatic carbocycles. The minimum atomic E-state index is -0.0599. The number of ether oxygens (including phenoxy) is 2. The van der Waals surface area contributed by atoms with Crippen LogP contribution in [0.1, 0.15) is 50.4 Å². The molecule has 1 aromatic rings. The molecular weight excluding hydrogens is 424 g/mol. The number of hydrogen-bond acceptors (Lipinski definition) is 4. The van der Waals surface area contributed by atoms with Crippen LogP contribution in [-0.4, -0.2) is 61.5 Å². The lowest BCUT2D eigenvalue weighted by Crippen LogP contribution is -2.50. The van der Waals surface area contributed by atoms with Crippen LogP contribution in [0.4, 0.5) is 0 Å². The lowest BCUT2D eigenvalue weighted by atomic mass is 10.1. The predicted molar refractivity (Wildman–Crippen MR) is 113 cm³/mol. The number of halogens is 1. The number of nitrogens with zero attached hydrogens (tertiary/aromatic N) is 2. The molecule has 6 nitrogen and oxygen atoms in total. The SMILES string of the molecule is CCCOc1c(Br)cc(C(=O)N2CCN(C(=O)CCC(C)C)CC2)cc1OC. The van der Waals surface area contributed by atoms with Crippen molar-refractivity contribution in [2.24, 2.45) is 5.92 Å². The topological polar surface area (TPSA) is 59.1 Å². The third kappa shape index (κ3) is 5.87. The summed E-state index contributed by atoms with van der Waals surface area (Å²) in [4.78, 5) is 28.9. The minimum Gasteiger partial charge on any atom is -0.493 e. The van der Waals surface area contributed by atoms with Gasteiger partial charge in [-0.05, 0) is 46.8 Å². The van der Waals surface area contributed by atoms with Crippen LogP contribution in [0.5, 0.6) is 11.5 Å². The molecule has 0 aliphatic carbocycles. The molecule has 1 aliphatic heterocycles. The van der Waals surface area contributed by atoms with Crippen molar-refractivity contribution in [3.63, 3.8) is 0 Å². The molecule has 0 spiro atoms. The number of carbonyl (C=O) groups is 2. The van der Waals surface area contributed by atoms with Crippen LogP contribution in [0.3, 0.4) is 0 Å². The number of piperazine rings is 1. The second-order valence-electron chi connectivity index (χ2n) is 7.44. The van der Waals surface area contributed by atoms with Gasteiger partial charge in [0.15, 0.2) is 11.5 Å². The van der Waals surface area contributed by atoms with Gasteiger partial charge >= 0.3 is 0 Å². The summed E-state index contributed by atoms with van der Waals surface area (Å²) in [5.41, 5.74) is 0.548. The van der Waals surface area contributed by atoms with Crippen molar-refractivity contribution >= 4 is 27.7 Å². The van der Waals surface area contributed by atoms with Gasteiger partial charge < -0.3 is 19.3 Å². The van der Waals surface area contributed by atoms with Crippen LogP contribution < -0.4 is 9.47 Å². The Morgan fingerprint density at radius 3 is 2.36 bits per heavy atom. The minimum absolute atomic E-state index is 0.0599. The van der Waals surface area contributed by atoms with Crippen LogP contribution in [0.25, 0.3) is 0 Å². The largest absolute Gasteiger partial charge is 0.493 e. The van der Waals surface area contributed by atoms with E-state index in [4.69, 9.17) is 9.47 Å². The second kappa shape index (κ2) is 10.7. The number of methoxy groups -OCH3 is 1. The number of benzene rings is 1. The molecule has 0 unspecified atom stereocenters. The molecule has 1 fully saturated rings. The fraction of sp³-hybridized carbons (Fsp3) is 0.619. The molecule has 156 valence electrons. The molecule has 0 atom stereocenters. The van der Waals surface area contributed by atoms with Gasteiger partial charge in [-0.25, -0.2) is 0 Å². The van der Waals surface area contributed by atoms with E-state index in [-0.39, 0.29) is 11.8 Å². The number of hydrogen-bond donors (Lipinski definition) is 0. The normalized spacial score (nSPS) is 14.4. The maximum absolute atomic E-state index is 12.9. The average molecular weight is 455 g/mol. The Balaban J connectivity index is 2.01. The third-order valence-corrected chi connectivity index (χ3v) is 5.37. The highest BCUT2D eigenvalue weighted by molar-refractivity contribution is 9.10. The van der Waals surface area contributed by atoms with Gasteiger partial charge in [0, 0.05) is 38.2 Å². The average Bonchev–Trinajstić information content (AvgIpc) is 2.70. The summed E-state index contributed by atoms with van der Waals surface area (Å²) in [5.74, 6) is 1.79. The van der Waals surface area contributed by atoms with Gasteiger partial charge in [0.1, 0.15) is 0 Å². The van der Waals surface area contributed by atoms with Crippen molar-refractivity contribution in [3.05, 3.63) is 22.2 Å². The zero-order valence-corrected chi connectivity index (χ0v) is 18.9. The first-order valence-corrected chi connectivity index (χ1v) is 10.7. The molecule has 7 heteroatoms. The first kappa shape index (κ1) is 22.5. The maximum atomic E-state index is 12.9. The van der Waals surface area contributed by atoms with Crippen molar-refractivity contribution in [1.29, 1.82) is 0 Å². The smallest absolute Gasteiger partial charge is 0.254 e. The van der Waals surface area contributed by atoms with Crippen molar-refractivity contribution in [2.45, 2.75) is 40.0 Å². The number of rotatable bonds is 8. The summed E-state index contributed by atoms with van der Waals surface area (Å²) in [6.45, 7) is 9.10. The van der Waals surface area contributed by atoms with Crippen LogP contribution in [0.15, 0.2) is 16.6 Å². The Labute approximate surface area is 176 Å². The van der Waals surface area contributed by atoms with Gasteiger partial charge in [0.25, 0.3) is 5.91 Å². The van der Waals surface area contributed by atoms with E-state index in [0.29, 0.717) is 66.7 Å². The van der Waals surface area contributed by atoms with Gasteiger partial charge in [-0.3, -0.25) is 9.59 Å². The monoisotopic (exact) mass is 454 g/mol. The Kier molecular flexibility index (Phi) is 8.60. The zero-order valence-electron chi connectivity index (χ0n) is 17.3. The van der Waals surface area contributed by atoms with E-state index < -0.39 is 0 Å². The number of amides is 2. The van der Waals surface area contributed by atoms with Crippen molar-refractivity contribution in [1.82, 2.24) is 9.80 Å². The van der Waals surface area contributed by atoms with Gasteiger partial charge in [0.2, 0.25) is 5.91 Å². The summed E-state index contributed by atoms with van der Waals surface area (Å²) in [7, 11) is 1.57. The van der Waals surface area contributed by atoms with E-state index in [0.717, 1.165) is 12.8 Å². The molecule has 1 heterocycles. The molecular formula is C21H31BrN2O4. The quantitative estimate of drug-likeness (QED) is 0.596. The van der Waals surface area contributed by atoms with Gasteiger partial charge in [-0.2, -0.15) is 0 Å². The Bertz CT molecular complexity index is 685. The van der Waals surface area contributed by atoms with Gasteiger partial charge in [0.05, 0.1) is 18.2 Å². The summed E-state index contributed by atoms with van der Waals surface area (Å²) in [5, 5.41) is 0. The van der Waals surface area contributed by atoms with E-state index >= 15 is 0 Å². The summed E-state index contributed by atoms with van der Waals surface area (Å²) in [6, 6.07) is 3.49. The molecule has 0 aromatic heterocycles. The van der Waals surface area contributed by atoms with Gasteiger partial charge in [-0.15, -0.1) is 0 Å². The Morgan fingerprint density at radius 1 is 1.14 bits per heavy atom. The van der Waals surface area contributed by atoms with E-state index in [1.165, 1.54) is 0 Å². The highest BCUT2D eigenvalue weighted by atomic mass is 79.9. The van der Waals surface area contributed by atoms with Crippen LogP contribution in [0, 0.1) is 5.92 Å². The fourth-order valence-corrected chi connectivity index (χ4v) is 3.66. The fourth-order valence-electron chi connectivity index (χ4n) is 3.10. The van der Waals surface area contributed by atoms with Crippen molar-refractivity contribution in [3.8, 4) is 11.5 Å². The third-order valence-electron chi connectivity index (χ3n) is 4.78. The molecule has 0 saturated carbocycles. The van der Waals surface area contributed by atoms with Crippen LogP contribution >= 0.6 is 15.9 Å². The van der Waals surface area contributed by atoms with Crippen LogP contribution in [0.2, 0.25) is 0 Å². The lowest BCUT2D eigenvalue weighted by Gasteiger charge is -2.35. The molecule has 2 rings (SSSR count). The predicted octanol–water partition coefficient (Wildman–Crippen LogP) is 3.97. The summed E-state index contributed by atoms with van der Waals surface area (Å²) < 4.78 is 11.8. The molecule has 0 N–H and O–H groups in total. The maximum Gasteiger partial charge on any atom is 0.254 e. The highest BCUT2D eigenvalue weighted by Gasteiger charge is 2.26. The second-order valence-corrected chi connectivity index (χ2v) is 8.30. The standard InChI is InChI=1S/C21H31BrN2O4/c1-5-12-28-20-17(22)13-16(14-18(20)27-4)21(26)24-10-8-23(9-11-24)19(25)7-6-15(2)3/h13-15H,5-12H2,1-4H3. The molecule has 0 bridgehead atoms. The van der Waals surface area contributed by atoms with Gasteiger partial charge in [-0.1, -0.05) is 20.8 Å². The first-order valence-electron chi connectivity index (χ1n) is 9.94. The first-order chi connectivity index (χ1) is 13.4. The van der Waals surface area contributed by atoms with Crippen molar-refractivity contribution in [2.75, 3.05) is 39.9 Å². The molecule has 1 saturated heterocycles. The zero-order chi connectivity index (χ0) is 20.7. The van der Waals surface area contributed by atoms with Crippen molar-refractivity contribution < 1.29 is 19.1 Å². The molecule has 2 amide bonds. The van der Waals surface area contributed by atoms with E-state index in [9.17, 15) is 9.59 Å². The van der Waals surface area contributed by atoms with E-state index in [1.807, 2.05) is 11.8 Å². The molecule has 28 heavy (non-hydrogen) atoms. The molecule has 0 radical (unpaired) electrons. The number of carbonyl (C=O) groups excluding carboxylic acids is 2. The van der Waals surface area contributed by atoms with E-state index in [1.54, 1.807) is 24.1 Å². The Morgan fingerprint density at radius 2 is 1.79 bits per heavy atom. The highest BCUT2D eigenvalue weighted by Crippen LogP contribution is 2.37. The summed E-state index contributed by atoms with van der Waals surface area (Å²) in [6.07, 6.45) is 2.36. The van der Waals surface area contributed by atoms with Crippen LogP contribution in [-0.2, 0) is 4.79 Å². The lowest BCUT2D eigenvalue weighted by molar-refractivity contribution is -0.132. The molecule has 1 aliphatic rings.